The van der Waals surface area contributed by atoms with E-state index in [-0.39, 0.29) is 19.7 Å². The van der Waals surface area contributed by atoms with Crippen LogP contribution in [0.2, 0.25) is 0 Å². The number of hydrogen-bond acceptors (Lipinski definition) is 10. The van der Waals surface area contributed by atoms with Crippen molar-refractivity contribution in [1.29, 1.82) is 0 Å². The van der Waals surface area contributed by atoms with Crippen LogP contribution in [0.4, 0.5) is 0 Å². The molecule has 0 amide bonds. The molecule has 6 atom stereocenters. The predicted molar refractivity (Wildman–Crippen MR) is 86.4 cm³/mol. The van der Waals surface area contributed by atoms with E-state index in [4.69, 9.17) is 24.8 Å². The summed E-state index contributed by atoms with van der Waals surface area (Å²) in [5.74, 6) is 0.506. The molecule has 1 saturated heterocycles. The largest absolute Gasteiger partial charge is 0.695 e. The molecule has 3 rings (SSSR count). The maximum atomic E-state index is 11.0. The van der Waals surface area contributed by atoms with Gasteiger partial charge < -0.3 is 15.4 Å². The molecule has 14 heteroatoms. The number of nitrogens with zero attached hydrogens (tertiary/aromatic N) is 4. The van der Waals surface area contributed by atoms with Gasteiger partial charge in [0.25, 0.3) is 0 Å². The van der Waals surface area contributed by atoms with Crippen LogP contribution in [-0.2, 0) is 22.9 Å². The van der Waals surface area contributed by atoms with Gasteiger partial charge in [0.15, 0.2) is 11.5 Å². The number of ether oxygens (including phenoxy) is 1. The van der Waals surface area contributed by atoms with Crippen LogP contribution in [-0.4, -0.2) is 69.9 Å². The zero-order valence-corrected chi connectivity index (χ0v) is 14.9. The lowest BCUT2D eigenvalue weighted by Gasteiger charge is -2.29. The Kier molecular flexibility index (Phi) is 5.33. The van der Waals surface area contributed by atoms with Gasteiger partial charge in [-0.15, -0.1) is 18.8 Å². The molecule has 12 nitrogen and oxygen atoms in total. The van der Waals surface area contributed by atoms with Crippen molar-refractivity contribution in [3.63, 3.8) is 0 Å². The molecule has 0 aromatic carbocycles. The Bertz CT molecular complexity index is 682. The maximum absolute atomic E-state index is 11.0. The average molecular weight is 393 g/mol. The highest BCUT2D eigenvalue weighted by Gasteiger charge is 2.48. The van der Waals surface area contributed by atoms with E-state index < -0.39 is 40.6 Å². The molecule has 0 aromatic heterocycles. The van der Waals surface area contributed by atoms with Gasteiger partial charge >= 0.3 is 16.5 Å². The Morgan fingerprint density at radius 3 is 2.92 bits per heavy atom. The van der Waals surface area contributed by atoms with Gasteiger partial charge in [0.05, 0.1) is 0 Å². The fourth-order valence-corrected chi connectivity index (χ4v) is 3.57. The van der Waals surface area contributed by atoms with Crippen LogP contribution in [0.15, 0.2) is 15.0 Å². The van der Waals surface area contributed by atoms with Gasteiger partial charge in [0.2, 0.25) is 0 Å². The summed E-state index contributed by atoms with van der Waals surface area (Å²) in [6.45, 7) is 1.67. The van der Waals surface area contributed by atoms with Crippen LogP contribution in [0.1, 0.15) is 13.3 Å². The molecular formula is C11H17N5O7P2+2. The molecule has 0 aromatic rings. The Hall–Kier alpha value is -1.23. The molecule has 136 valence electrons. The Morgan fingerprint density at radius 2 is 2.24 bits per heavy atom. The van der Waals surface area contributed by atoms with Gasteiger partial charge in [-0.25, -0.2) is 9.98 Å². The Labute approximate surface area is 144 Å². The number of fused-ring (bicyclic) bond motifs is 1. The standard InChI is InChI=1S/C11H15N5O7P2/c1-11(12)9-10(13-4-15-11)16(5-14-9)8-2-6(23-25(19)20)7(22-8)3-21-24(17)18/h4,6-8H,2-3,5,12H2,1H3/p+2/t6-,7+,8+,11?/m0/s1. The average Bonchev–Trinajstić information content (AvgIpc) is 3.09. The van der Waals surface area contributed by atoms with Crippen LogP contribution in [0, 0.1) is 0 Å². The van der Waals surface area contributed by atoms with Gasteiger partial charge in [-0.2, -0.15) is 0 Å². The molecule has 25 heavy (non-hydrogen) atoms. The third-order valence-corrected chi connectivity index (χ3v) is 4.77. The first-order valence-electron chi connectivity index (χ1n) is 7.27. The van der Waals surface area contributed by atoms with E-state index >= 15 is 0 Å². The zero-order chi connectivity index (χ0) is 18.2. The van der Waals surface area contributed by atoms with Gasteiger partial charge in [-0.05, 0) is 6.92 Å². The van der Waals surface area contributed by atoms with Crippen molar-refractivity contribution in [2.24, 2.45) is 20.7 Å². The first-order valence-corrected chi connectivity index (χ1v) is 9.53. The minimum Gasteiger partial charge on any atom is -0.349 e. The van der Waals surface area contributed by atoms with Crippen molar-refractivity contribution in [1.82, 2.24) is 4.90 Å². The highest BCUT2D eigenvalue weighted by molar-refractivity contribution is 7.32. The van der Waals surface area contributed by atoms with Crippen molar-refractivity contribution in [2.45, 2.75) is 37.4 Å². The second-order valence-electron chi connectivity index (χ2n) is 5.74. The van der Waals surface area contributed by atoms with Gasteiger partial charge in [0.1, 0.15) is 43.8 Å². The minimum atomic E-state index is -2.87. The van der Waals surface area contributed by atoms with Crippen LogP contribution in [0.25, 0.3) is 0 Å². The predicted octanol–water partition coefficient (Wildman–Crippen LogP) is -0.368. The second kappa shape index (κ2) is 7.18. The SMILES string of the molecule is CC1(N)N=CN=C2C1=NCN2[C@H]1C[C@H](O[P+](=O)O)[C@@H](CO[P+](=O)O)O1. The normalized spacial score (nSPS) is 35.4. The Balaban J connectivity index is 1.73. The smallest absolute Gasteiger partial charge is 0.349 e. The monoisotopic (exact) mass is 393 g/mol. The molecule has 1 fully saturated rings. The summed E-state index contributed by atoms with van der Waals surface area (Å²) < 4.78 is 37.1. The minimum absolute atomic E-state index is 0.220. The van der Waals surface area contributed by atoms with Crippen LogP contribution >= 0.6 is 16.5 Å². The molecule has 3 heterocycles. The van der Waals surface area contributed by atoms with Crippen molar-refractivity contribution in [3.8, 4) is 0 Å². The molecule has 0 saturated carbocycles. The summed E-state index contributed by atoms with van der Waals surface area (Å²) in [4.78, 5) is 32.1. The fraction of sp³-hybridized carbons (Fsp3) is 0.727. The zero-order valence-electron chi connectivity index (χ0n) is 13.1. The first kappa shape index (κ1) is 18.6. The summed E-state index contributed by atoms with van der Waals surface area (Å²) in [6, 6.07) is 0. The van der Waals surface area contributed by atoms with Gasteiger partial charge in [0, 0.05) is 15.6 Å². The quantitative estimate of drug-likeness (QED) is 0.510. The summed E-state index contributed by atoms with van der Waals surface area (Å²) in [7, 11) is -5.69. The van der Waals surface area contributed by atoms with Gasteiger partial charge in [-0.3, -0.25) is 4.99 Å². The van der Waals surface area contributed by atoms with Gasteiger partial charge in [-0.1, -0.05) is 0 Å². The first-order chi connectivity index (χ1) is 11.8. The lowest BCUT2D eigenvalue weighted by atomic mass is 10.1. The molecule has 3 aliphatic rings. The molecule has 0 bridgehead atoms. The Morgan fingerprint density at radius 1 is 1.48 bits per heavy atom. The third kappa shape index (κ3) is 3.97. The van der Waals surface area contributed by atoms with Crippen molar-refractivity contribution in [3.05, 3.63) is 0 Å². The number of hydrogen-bond donors (Lipinski definition) is 3. The van der Waals surface area contributed by atoms with E-state index in [9.17, 15) is 9.13 Å². The number of rotatable bonds is 6. The van der Waals surface area contributed by atoms with E-state index in [0.717, 1.165) is 0 Å². The molecule has 3 aliphatic heterocycles. The van der Waals surface area contributed by atoms with E-state index in [1.807, 2.05) is 0 Å². The summed E-state index contributed by atoms with van der Waals surface area (Å²) in [5.41, 5.74) is 5.59. The van der Waals surface area contributed by atoms with E-state index in [0.29, 0.717) is 11.5 Å². The molecule has 0 radical (unpaired) electrons. The summed E-state index contributed by atoms with van der Waals surface area (Å²) >= 11 is 0. The van der Waals surface area contributed by atoms with Crippen LogP contribution in [0.5, 0.6) is 0 Å². The molecule has 4 N–H and O–H groups in total. The van der Waals surface area contributed by atoms with E-state index in [1.165, 1.54) is 6.34 Å². The lowest BCUT2D eigenvalue weighted by Crippen LogP contribution is -2.52. The molecule has 3 unspecified atom stereocenters. The second-order valence-corrected chi connectivity index (χ2v) is 7.16. The highest BCUT2D eigenvalue weighted by Crippen LogP contribution is 2.35. The van der Waals surface area contributed by atoms with E-state index in [1.54, 1.807) is 11.8 Å². The molecule has 0 aliphatic carbocycles. The van der Waals surface area contributed by atoms with Crippen LogP contribution in [0.3, 0.4) is 0 Å². The fourth-order valence-electron chi connectivity index (χ4n) is 2.84. The third-order valence-electron chi connectivity index (χ3n) is 3.95. The molecular weight excluding hydrogens is 376 g/mol. The maximum Gasteiger partial charge on any atom is 0.695 e. The van der Waals surface area contributed by atoms with Crippen molar-refractivity contribution < 1.29 is 32.7 Å². The molecule has 0 spiro atoms. The number of nitrogens with two attached hydrogens (primary N) is 1. The summed E-state index contributed by atoms with van der Waals surface area (Å²) in [6.07, 6.45) is -0.601. The van der Waals surface area contributed by atoms with E-state index in [2.05, 4.69) is 19.5 Å². The van der Waals surface area contributed by atoms with Crippen molar-refractivity contribution >= 4 is 34.4 Å². The lowest BCUT2D eigenvalue weighted by molar-refractivity contribution is -0.0491. The van der Waals surface area contributed by atoms with Crippen LogP contribution < -0.4 is 5.73 Å². The summed E-state index contributed by atoms with van der Waals surface area (Å²) in [5, 5.41) is 0. The number of aliphatic imine (C=N–C) groups is 3. The highest BCUT2D eigenvalue weighted by atomic mass is 31.1. The van der Waals surface area contributed by atoms with Crippen molar-refractivity contribution in [2.75, 3.05) is 13.3 Å². The number of amidine groups is 1. The topological polar surface area (TPSA) is 169 Å².